The first-order valence-corrected chi connectivity index (χ1v) is 3.96. The molecule has 1 aliphatic carbocycles. The molecular weight excluding hydrogens is 178 g/mol. The minimum atomic E-state index is -0.757. The summed E-state index contributed by atoms with van der Waals surface area (Å²) in [6, 6.07) is 0. The highest BCUT2D eigenvalue weighted by Gasteiger charge is 2.41. The average Bonchev–Trinajstić information content (AvgIpc) is 1.81. The summed E-state index contributed by atoms with van der Waals surface area (Å²) in [5.74, 6) is 0.0390. The molecular formula is C8H16ClNO2. The van der Waals surface area contributed by atoms with Gasteiger partial charge in [-0.2, -0.15) is 0 Å². The number of esters is 1. The Balaban J connectivity index is 0.00000121. The largest absolute Gasteiger partial charge is 0.468 e. The fourth-order valence-electron chi connectivity index (χ4n) is 1.39. The third-order valence-corrected chi connectivity index (χ3v) is 2.58. The minimum Gasteiger partial charge on any atom is -0.468 e. The van der Waals surface area contributed by atoms with Crippen molar-refractivity contribution in [3.05, 3.63) is 0 Å². The van der Waals surface area contributed by atoms with E-state index in [1.54, 1.807) is 6.92 Å². The summed E-state index contributed by atoms with van der Waals surface area (Å²) < 4.78 is 4.61. The lowest BCUT2D eigenvalue weighted by Crippen LogP contribution is -2.54. The highest BCUT2D eigenvalue weighted by Crippen LogP contribution is 2.35. The van der Waals surface area contributed by atoms with Gasteiger partial charge in [-0.05, 0) is 25.7 Å². The standard InChI is InChI=1S/C8H15NO2.ClH/c1-8(9,7(10)11-2)6-4-3-5-6;/h6H,3-5,9H2,1-2H3;1H. The average molecular weight is 194 g/mol. The van der Waals surface area contributed by atoms with Crippen molar-refractivity contribution in [2.24, 2.45) is 11.7 Å². The summed E-state index contributed by atoms with van der Waals surface area (Å²) in [4.78, 5) is 11.1. The number of ether oxygens (including phenoxy) is 1. The molecule has 1 unspecified atom stereocenters. The van der Waals surface area contributed by atoms with Crippen molar-refractivity contribution in [2.45, 2.75) is 31.7 Å². The van der Waals surface area contributed by atoms with Crippen molar-refractivity contribution < 1.29 is 9.53 Å². The maximum atomic E-state index is 11.1. The van der Waals surface area contributed by atoms with Crippen LogP contribution in [-0.2, 0) is 9.53 Å². The summed E-state index contributed by atoms with van der Waals surface area (Å²) in [7, 11) is 1.38. The van der Waals surface area contributed by atoms with E-state index in [-0.39, 0.29) is 18.4 Å². The molecule has 0 aromatic carbocycles. The molecule has 4 heteroatoms. The number of nitrogens with two attached hydrogens (primary N) is 1. The van der Waals surface area contributed by atoms with Crippen molar-refractivity contribution in [3.63, 3.8) is 0 Å². The maximum absolute atomic E-state index is 11.1. The molecule has 0 aliphatic heterocycles. The molecule has 12 heavy (non-hydrogen) atoms. The Morgan fingerprint density at radius 3 is 2.33 bits per heavy atom. The van der Waals surface area contributed by atoms with Gasteiger partial charge in [0.1, 0.15) is 5.54 Å². The molecule has 0 spiro atoms. The molecule has 3 nitrogen and oxygen atoms in total. The highest BCUT2D eigenvalue weighted by molar-refractivity contribution is 5.85. The molecule has 0 saturated heterocycles. The monoisotopic (exact) mass is 193 g/mol. The summed E-state index contributed by atoms with van der Waals surface area (Å²) in [6.45, 7) is 1.75. The SMILES string of the molecule is COC(=O)C(C)(N)C1CCC1.Cl. The second-order valence-corrected chi connectivity index (χ2v) is 3.40. The minimum absolute atomic E-state index is 0. The lowest BCUT2D eigenvalue weighted by Gasteiger charge is -2.37. The van der Waals surface area contributed by atoms with Crippen LogP contribution in [0.25, 0.3) is 0 Å². The van der Waals surface area contributed by atoms with Crippen molar-refractivity contribution in [1.29, 1.82) is 0 Å². The van der Waals surface area contributed by atoms with Crippen molar-refractivity contribution in [2.75, 3.05) is 7.11 Å². The molecule has 1 rings (SSSR count). The van der Waals surface area contributed by atoms with Gasteiger partial charge in [0.15, 0.2) is 0 Å². The van der Waals surface area contributed by atoms with Crippen LogP contribution in [0.5, 0.6) is 0 Å². The van der Waals surface area contributed by atoms with Crippen molar-refractivity contribution >= 4 is 18.4 Å². The molecule has 0 heterocycles. The van der Waals surface area contributed by atoms with E-state index in [0.29, 0.717) is 5.92 Å². The number of hydrogen-bond acceptors (Lipinski definition) is 3. The van der Waals surface area contributed by atoms with Gasteiger partial charge in [-0.1, -0.05) is 6.42 Å². The van der Waals surface area contributed by atoms with Crippen LogP contribution in [0.4, 0.5) is 0 Å². The van der Waals surface area contributed by atoms with Gasteiger partial charge in [0, 0.05) is 0 Å². The van der Waals surface area contributed by atoms with Gasteiger partial charge >= 0.3 is 5.97 Å². The molecule has 0 radical (unpaired) electrons. The predicted molar refractivity (Wildman–Crippen MR) is 49.2 cm³/mol. The molecule has 0 bridgehead atoms. The van der Waals surface area contributed by atoms with Gasteiger partial charge in [-0.25, -0.2) is 0 Å². The normalized spacial score (nSPS) is 21.6. The molecule has 1 aliphatic rings. The zero-order valence-electron chi connectivity index (χ0n) is 7.50. The Labute approximate surface area is 79.1 Å². The summed E-state index contributed by atoms with van der Waals surface area (Å²) in [6.07, 6.45) is 3.30. The number of carbonyl (C=O) groups is 1. The third kappa shape index (κ3) is 1.90. The first-order valence-electron chi connectivity index (χ1n) is 3.96. The topological polar surface area (TPSA) is 52.3 Å². The quantitative estimate of drug-likeness (QED) is 0.669. The van der Waals surface area contributed by atoms with E-state index in [4.69, 9.17) is 5.73 Å². The fourth-order valence-corrected chi connectivity index (χ4v) is 1.39. The van der Waals surface area contributed by atoms with E-state index in [1.165, 1.54) is 13.5 Å². The Morgan fingerprint density at radius 2 is 2.08 bits per heavy atom. The van der Waals surface area contributed by atoms with Gasteiger partial charge < -0.3 is 10.5 Å². The van der Waals surface area contributed by atoms with Crippen LogP contribution < -0.4 is 5.73 Å². The lowest BCUT2D eigenvalue weighted by atomic mass is 9.72. The number of halogens is 1. The molecule has 1 fully saturated rings. The van der Waals surface area contributed by atoms with E-state index in [9.17, 15) is 4.79 Å². The third-order valence-electron chi connectivity index (χ3n) is 2.58. The first kappa shape index (κ1) is 11.7. The summed E-state index contributed by atoms with van der Waals surface area (Å²) in [5.41, 5.74) is 5.04. The van der Waals surface area contributed by atoms with Crippen LogP contribution in [0.15, 0.2) is 0 Å². The molecule has 0 aromatic heterocycles. The Morgan fingerprint density at radius 1 is 1.58 bits per heavy atom. The molecule has 0 amide bonds. The second kappa shape index (κ2) is 4.10. The molecule has 2 N–H and O–H groups in total. The van der Waals surface area contributed by atoms with Crippen LogP contribution in [0, 0.1) is 5.92 Å². The Kier molecular flexibility index (Phi) is 4.00. The molecule has 72 valence electrons. The van der Waals surface area contributed by atoms with Crippen molar-refractivity contribution in [3.8, 4) is 0 Å². The summed E-state index contributed by atoms with van der Waals surface area (Å²) >= 11 is 0. The number of rotatable bonds is 2. The fraction of sp³-hybridized carbons (Fsp3) is 0.875. The van der Waals surface area contributed by atoms with Crippen LogP contribution in [0.3, 0.4) is 0 Å². The van der Waals surface area contributed by atoms with Gasteiger partial charge in [-0.15, -0.1) is 12.4 Å². The van der Waals surface area contributed by atoms with Gasteiger partial charge in [0.2, 0.25) is 0 Å². The van der Waals surface area contributed by atoms with Gasteiger partial charge in [0.25, 0.3) is 0 Å². The van der Waals surface area contributed by atoms with E-state index in [1.807, 2.05) is 0 Å². The van der Waals surface area contributed by atoms with Crippen LogP contribution in [0.1, 0.15) is 26.2 Å². The van der Waals surface area contributed by atoms with Crippen LogP contribution in [0.2, 0.25) is 0 Å². The number of hydrogen-bond donors (Lipinski definition) is 1. The second-order valence-electron chi connectivity index (χ2n) is 3.40. The molecule has 1 saturated carbocycles. The highest BCUT2D eigenvalue weighted by atomic mass is 35.5. The smallest absolute Gasteiger partial charge is 0.325 e. The zero-order valence-corrected chi connectivity index (χ0v) is 8.32. The summed E-state index contributed by atoms with van der Waals surface area (Å²) in [5, 5.41) is 0. The Hall–Kier alpha value is -0.280. The predicted octanol–water partition coefficient (Wildman–Crippen LogP) is 1.10. The van der Waals surface area contributed by atoms with Crippen molar-refractivity contribution in [1.82, 2.24) is 0 Å². The Bertz CT molecular complexity index is 166. The molecule has 1 atom stereocenters. The van der Waals surface area contributed by atoms with Crippen LogP contribution in [-0.4, -0.2) is 18.6 Å². The number of methoxy groups -OCH3 is 1. The van der Waals surface area contributed by atoms with Gasteiger partial charge in [-0.3, -0.25) is 4.79 Å². The maximum Gasteiger partial charge on any atom is 0.325 e. The van der Waals surface area contributed by atoms with Crippen LogP contribution >= 0.6 is 12.4 Å². The van der Waals surface area contributed by atoms with E-state index < -0.39 is 5.54 Å². The first-order chi connectivity index (χ1) is 5.09. The lowest BCUT2D eigenvalue weighted by molar-refractivity contribution is -0.149. The number of carbonyl (C=O) groups excluding carboxylic acids is 1. The van der Waals surface area contributed by atoms with E-state index in [2.05, 4.69) is 4.74 Å². The molecule has 0 aromatic rings. The van der Waals surface area contributed by atoms with E-state index in [0.717, 1.165) is 12.8 Å². The zero-order chi connectivity index (χ0) is 8.48. The van der Waals surface area contributed by atoms with Gasteiger partial charge in [0.05, 0.1) is 7.11 Å². The van der Waals surface area contributed by atoms with E-state index >= 15 is 0 Å².